The van der Waals surface area contributed by atoms with E-state index in [1.54, 1.807) is 32.1 Å². The fraction of sp³-hybridized carbons (Fsp3) is 0.478. The van der Waals surface area contributed by atoms with E-state index in [1.807, 2.05) is 31.1 Å². The molecule has 0 aromatic heterocycles. The number of nitrogens with zero attached hydrogens (tertiary/aromatic N) is 1. The van der Waals surface area contributed by atoms with E-state index < -0.39 is 49.1 Å². The Hall–Kier alpha value is -2.60. The van der Waals surface area contributed by atoms with E-state index in [1.165, 1.54) is 12.2 Å². The number of aliphatic hydroxyl groups excluding tert-OH is 4. The van der Waals surface area contributed by atoms with Crippen molar-refractivity contribution < 1.29 is 39.6 Å². The zero-order chi connectivity index (χ0) is 24.7. The second kappa shape index (κ2) is 12.0. The zero-order valence-electron chi connectivity index (χ0n) is 19.1. The van der Waals surface area contributed by atoms with E-state index in [0.29, 0.717) is 11.1 Å². The highest BCUT2D eigenvalue weighted by molar-refractivity contribution is 5.99. The smallest absolute Gasteiger partial charge is 0.267 e. The second-order valence-electron chi connectivity index (χ2n) is 8.12. The first kappa shape index (κ1) is 26.7. The van der Waals surface area contributed by atoms with Crippen molar-refractivity contribution in [1.29, 1.82) is 0 Å². The van der Waals surface area contributed by atoms with Crippen molar-refractivity contribution in [3.8, 4) is 0 Å². The van der Waals surface area contributed by atoms with Crippen molar-refractivity contribution in [2.24, 2.45) is 5.92 Å². The number of ketones is 1. The SMILES string of the molecule is CC(/C=C/C(=O)NO[C@@H]1O[C@H](CO)[C@@H](O)[C@H](O)[C@@H]1O)=C\[C@@H](C)C(=O)c1ccc(N(C)C)cc1. The van der Waals surface area contributed by atoms with Crippen molar-refractivity contribution in [2.45, 2.75) is 44.6 Å². The molecule has 10 nitrogen and oxygen atoms in total. The molecule has 1 aromatic rings. The number of anilines is 1. The Kier molecular flexibility index (Phi) is 9.71. The second-order valence-corrected chi connectivity index (χ2v) is 8.12. The Morgan fingerprint density at radius 3 is 2.33 bits per heavy atom. The van der Waals surface area contributed by atoms with Crippen molar-refractivity contribution >= 4 is 17.4 Å². The molecule has 182 valence electrons. The molecule has 1 heterocycles. The number of allylic oxidation sites excluding steroid dienone is 3. The Bertz CT molecular complexity index is 866. The van der Waals surface area contributed by atoms with Crippen LogP contribution in [0.15, 0.2) is 48.1 Å². The number of benzene rings is 1. The van der Waals surface area contributed by atoms with Gasteiger partial charge in [-0.15, -0.1) is 0 Å². The Morgan fingerprint density at radius 2 is 1.76 bits per heavy atom. The summed E-state index contributed by atoms with van der Waals surface area (Å²) in [6, 6.07) is 7.29. The van der Waals surface area contributed by atoms with Gasteiger partial charge in [0.05, 0.1) is 6.61 Å². The van der Waals surface area contributed by atoms with Crippen LogP contribution in [0.1, 0.15) is 24.2 Å². The number of carbonyl (C=O) groups is 2. The largest absolute Gasteiger partial charge is 0.394 e. The highest BCUT2D eigenvalue weighted by atomic mass is 16.8. The van der Waals surface area contributed by atoms with Crippen molar-refractivity contribution in [1.82, 2.24) is 5.48 Å². The van der Waals surface area contributed by atoms with E-state index in [4.69, 9.17) is 14.7 Å². The van der Waals surface area contributed by atoms with Gasteiger partial charge in [0, 0.05) is 37.3 Å². The van der Waals surface area contributed by atoms with Crippen molar-refractivity contribution in [3.05, 3.63) is 53.6 Å². The molecule has 0 aliphatic carbocycles. The first-order chi connectivity index (χ1) is 15.5. The van der Waals surface area contributed by atoms with E-state index in [0.717, 1.165) is 5.69 Å². The lowest BCUT2D eigenvalue weighted by molar-refractivity contribution is -0.312. The zero-order valence-corrected chi connectivity index (χ0v) is 19.1. The third kappa shape index (κ3) is 7.19. The van der Waals surface area contributed by atoms with Crippen molar-refractivity contribution in [3.63, 3.8) is 0 Å². The van der Waals surface area contributed by atoms with Crippen LogP contribution in [0, 0.1) is 5.92 Å². The third-order valence-electron chi connectivity index (χ3n) is 5.22. The summed E-state index contributed by atoms with van der Waals surface area (Å²) in [5.41, 5.74) is 4.30. The van der Waals surface area contributed by atoms with Crippen LogP contribution in [0.4, 0.5) is 5.69 Å². The van der Waals surface area contributed by atoms with Crippen LogP contribution in [-0.2, 0) is 14.4 Å². The number of hydroxylamine groups is 1. The van der Waals surface area contributed by atoms with Crippen LogP contribution in [-0.4, -0.2) is 83.5 Å². The Morgan fingerprint density at radius 1 is 1.12 bits per heavy atom. The Labute approximate surface area is 192 Å². The maximum atomic E-state index is 12.6. The number of carbonyl (C=O) groups excluding carboxylic acids is 2. The lowest BCUT2D eigenvalue weighted by Crippen LogP contribution is -2.60. The summed E-state index contributed by atoms with van der Waals surface area (Å²) in [4.78, 5) is 31.5. The van der Waals surface area contributed by atoms with Gasteiger partial charge in [-0.3, -0.25) is 9.59 Å². The van der Waals surface area contributed by atoms with Crippen LogP contribution >= 0.6 is 0 Å². The molecular formula is C23H32N2O8. The summed E-state index contributed by atoms with van der Waals surface area (Å²) in [6.45, 7) is 2.89. The molecule has 1 aliphatic heterocycles. The number of aliphatic hydroxyl groups is 4. The molecule has 0 radical (unpaired) electrons. The molecule has 0 spiro atoms. The van der Waals surface area contributed by atoms with Gasteiger partial charge in [0.1, 0.15) is 24.4 Å². The number of Topliss-reactive ketones (excluding diaryl/α,β-unsaturated/α-hetero) is 1. The molecule has 1 aliphatic rings. The molecule has 1 saturated heterocycles. The number of hydrogen-bond donors (Lipinski definition) is 5. The van der Waals surface area contributed by atoms with Gasteiger partial charge in [0.15, 0.2) is 5.78 Å². The lowest BCUT2D eigenvalue weighted by atomic mass is 9.97. The lowest BCUT2D eigenvalue weighted by Gasteiger charge is -2.38. The van der Waals surface area contributed by atoms with Crippen LogP contribution in [0.5, 0.6) is 0 Å². The minimum absolute atomic E-state index is 0.0524. The molecule has 1 aromatic carbocycles. The molecule has 10 heteroatoms. The number of amides is 1. The topological polar surface area (TPSA) is 149 Å². The third-order valence-corrected chi connectivity index (χ3v) is 5.22. The molecule has 1 fully saturated rings. The van der Waals surface area contributed by atoms with Gasteiger partial charge in [-0.25, -0.2) is 10.3 Å². The normalized spacial score (nSPS) is 26.8. The monoisotopic (exact) mass is 464 g/mol. The number of ether oxygens (including phenoxy) is 1. The predicted octanol–water partition coefficient (Wildman–Crippen LogP) is -0.0784. The minimum atomic E-state index is -1.63. The summed E-state index contributed by atoms with van der Waals surface area (Å²) in [5, 5.41) is 38.5. The molecule has 0 saturated carbocycles. The summed E-state index contributed by atoms with van der Waals surface area (Å²) in [6.07, 6.45) is -3.02. The standard InChI is InChI=1S/C23H32N2O8/c1-13(11-14(2)19(28)15-6-8-16(9-7-15)25(3)4)5-10-18(27)24-33-23-22(31)21(30)20(29)17(12-26)32-23/h5-11,14,17,20-23,26,29-31H,12H2,1-4H3,(H,24,27)/b10-5+,13-11+/t14-,17-,20-,21+,22+,23+/m1/s1. The van der Waals surface area contributed by atoms with Crippen LogP contribution in [0.3, 0.4) is 0 Å². The van der Waals surface area contributed by atoms with Gasteiger partial charge in [0.25, 0.3) is 5.91 Å². The van der Waals surface area contributed by atoms with E-state index in [2.05, 4.69) is 5.48 Å². The van der Waals surface area contributed by atoms with E-state index in [9.17, 15) is 24.9 Å². The average Bonchev–Trinajstić information content (AvgIpc) is 2.80. The van der Waals surface area contributed by atoms with Crippen LogP contribution in [0.25, 0.3) is 0 Å². The first-order valence-electron chi connectivity index (χ1n) is 10.5. The molecule has 6 atom stereocenters. The number of nitrogens with one attached hydrogen (secondary N) is 1. The fourth-order valence-electron chi connectivity index (χ4n) is 3.23. The van der Waals surface area contributed by atoms with Gasteiger partial charge < -0.3 is 30.1 Å². The molecule has 2 rings (SSSR count). The molecular weight excluding hydrogens is 432 g/mol. The van der Waals surface area contributed by atoms with Gasteiger partial charge >= 0.3 is 0 Å². The fourth-order valence-corrected chi connectivity index (χ4v) is 3.23. The minimum Gasteiger partial charge on any atom is -0.394 e. The van der Waals surface area contributed by atoms with E-state index >= 15 is 0 Å². The molecule has 1 amide bonds. The summed E-state index contributed by atoms with van der Waals surface area (Å²) in [7, 11) is 3.84. The van der Waals surface area contributed by atoms with Crippen LogP contribution < -0.4 is 10.4 Å². The van der Waals surface area contributed by atoms with Crippen molar-refractivity contribution in [2.75, 3.05) is 25.6 Å². The maximum absolute atomic E-state index is 12.6. The van der Waals surface area contributed by atoms with Gasteiger partial charge in [-0.05, 0) is 31.2 Å². The maximum Gasteiger partial charge on any atom is 0.267 e. The van der Waals surface area contributed by atoms with Gasteiger partial charge in [0.2, 0.25) is 6.29 Å². The summed E-state index contributed by atoms with van der Waals surface area (Å²) < 4.78 is 5.13. The highest BCUT2D eigenvalue weighted by Gasteiger charge is 2.44. The number of rotatable bonds is 9. The molecule has 33 heavy (non-hydrogen) atoms. The molecule has 0 bridgehead atoms. The highest BCUT2D eigenvalue weighted by Crippen LogP contribution is 2.21. The molecule has 0 unspecified atom stereocenters. The molecule has 5 N–H and O–H groups in total. The number of hydrogen-bond acceptors (Lipinski definition) is 9. The summed E-state index contributed by atoms with van der Waals surface area (Å²) >= 11 is 0. The predicted molar refractivity (Wildman–Crippen MR) is 120 cm³/mol. The summed E-state index contributed by atoms with van der Waals surface area (Å²) in [5.74, 6) is -1.14. The van der Waals surface area contributed by atoms with Gasteiger partial charge in [-0.1, -0.05) is 24.6 Å². The first-order valence-corrected chi connectivity index (χ1v) is 10.5. The van der Waals surface area contributed by atoms with Crippen LogP contribution in [0.2, 0.25) is 0 Å². The van der Waals surface area contributed by atoms with E-state index in [-0.39, 0.29) is 5.78 Å². The average molecular weight is 465 g/mol. The Balaban J connectivity index is 1.89. The quantitative estimate of drug-likeness (QED) is 0.146. The van der Waals surface area contributed by atoms with Gasteiger partial charge in [-0.2, -0.15) is 0 Å².